The molecule has 1 aromatic carbocycles. The molecule has 0 unspecified atom stereocenters. The average molecular weight is 276 g/mol. The maximum absolute atomic E-state index is 12.1. The van der Waals surface area contributed by atoms with Gasteiger partial charge in [0.15, 0.2) is 0 Å². The lowest BCUT2D eigenvalue weighted by Crippen LogP contribution is -2.54. The molecule has 0 atom stereocenters. The molecule has 6 heteroatoms. The maximum atomic E-state index is 12.1. The molecule has 6 nitrogen and oxygen atoms in total. The van der Waals surface area contributed by atoms with E-state index in [1.807, 2.05) is 6.07 Å². The van der Waals surface area contributed by atoms with Gasteiger partial charge in [-0.15, -0.1) is 0 Å². The summed E-state index contributed by atoms with van der Waals surface area (Å²) in [5, 5.41) is 17.8. The lowest BCUT2D eigenvalue weighted by Gasteiger charge is -2.33. The van der Waals surface area contributed by atoms with Crippen LogP contribution in [-0.2, 0) is 4.79 Å². The van der Waals surface area contributed by atoms with Crippen LogP contribution >= 0.6 is 0 Å². The van der Waals surface area contributed by atoms with Crippen LogP contribution in [0.15, 0.2) is 30.3 Å². The standard InChI is InChI=1S/C14H16N2O4/c1-14(2,12(17)18)16(10-6-9-15)13(19)20-11-7-4-3-5-8-11/h3-5,7-8H,6,10H2,1-2H3,(H,17,18). The smallest absolute Gasteiger partial charge is 0.416 e. The number of nitriles is 1. The molecule has 0 radical (unpaired) electrons. The van der Waals surface area contributed by atoms with Crippen molar-refractivity contribution >= 4 is 12.1 Å². The van der Waals surface area contributed by atoms with Gasteiger partial charge in [0, 0.05) is 6.54 Å². The van der Waals surface area contributed by atoms with Crippen molar-refractivity contribution in [3.63, 3.8) is 0 Å². The minimum Gasteiger partial charge on any atom is -0.480 e. The molecule has 0 aromatic heterocycles. The molecule has 1 rings (SSSR count). The zero-order valence-electron chi connectivity index (χ0n) is 11.4. The van der Waals surface area contributed by atoms with Crippen molar-refractivity contribution < 1.29 is 19.4 Å². The highest BCUT2D eigenvalue weighted by Gasteiger charge is 2.38. The van der Waals surface area contributed by atoms with Gasteiger partial charge < -0.3 is 9.84 Å². The van der Waals surface area contributed by atoms with E-state index in [1.54, 1.807) is 30.3 Å². The molecule has 1 aromatic rings. The van der Waals surface area contributed by atoms with Crippen LogP contribution in [0.3, 0.4) is 0 Å². The summed E-state index contributed by atoms with van der Waals surface area (Å²) in [4.78, 5) is 24.4. The summed E-state index contributed by atoms with van der Waals surface area (Å²) in [5.74, 6) is -0.846. The van der Waals surface area contributed by atoms with Crippen LogP contribution in [0.4, 0.5) is 4.79 Å². The highest BCUT2D eigenvalue weighted by Crippen LogP contribution is 2.19. The van der Waals surface area contributed by atoms with Crippen LogP contribution in [0.1, 0.15) is 20.3 Å². The van der Waals surface area contributed by atoms with Gasteiger partial charge in [-0.25, -0.2) is 9.59 Å². The van der Waals surface area contributed by atoms with Crippen LogP contribution < -0.4 is 4.74 Å². The van der Waals surface area contributed by atoms with E-state index in [0.29, 0.717) is 5.75 Å². The summed E-state index contributed by atoms with van der Waals surface area (Å²) in [6, 6.07) is 10.2. The topological polar surface area (TPSA) is 90.6 Å². The van der Waals surface area contributed by atoms with Gasteiger partial charge in [-0.1, -0.05) is 18.2 Å². The first kappa shape index (κ1) is 15.5. The SMILES string of the molecule is CC(C)(C(=O)O)N(CCC#N)C(=O)Oc1ccccc1. The third-order valence-electron chi connectivity index (χ3n) is 2.81. The van der Waals surface area contributed by atoms with Crippen LogP contribution in [0.5, 0.6) is 5.75 Å². The van der Waals surface area contributed by atoms with E-state index in [4.69, 9.17) is 10.00 Å². The molecule has 1 N–H and O–H groups in total. The van der Waals surface area contributed by atoms with Crippen LogP contribution in [0.25, 0.3) is 0 Å². The van der Waals surface area contributed by atoms with Crippen molar-refractivity contribution in [3.05, 3.63) is 30.3 Å². The van der Waals surface area contributed by atoms with Crippen molar-refractivity contribution in [3.8, 4) is 11.8 Å². The quantitative estimate of drug-likeness (QED) is 0.890. The van der Waals surface area contributed by atoms with Crippen molar-refractivity contribution in [1.82, 2.24) is 4.90 Å². The third kappa shape index (κ3) is 3.72. The molecule has 0 bridgehead atoms. The lowest BCUT2D eigenvalue weighted by atomic mass is 10.0. The minimum atomic E-state index is -1.46. The van der Waals surface area contributed by atoms with Gasteiger partial charge >= 0.3 is 12.1 Å². The first-order chi connectivity index (χ1) is 9.39. The summed E-state index contributed by atoms with van der Waals surface area (Å²) in [5.41, 5.74) is -1.46. The van der Waals surface area contributed by atoms with E-state index < -0.39 is 17.6 Å². The number of hydrogen-bond donors (Lipinski definition) is 1. The maximum Gasteiger partial charge on any atom is 0.416 e. The number of hydrogen-bond acceptors (Lipinski definition) is 4. The van der Waals surface area contributed by atoms with Gasteiger partial charge in [0.05, 0.1) is 12.5 Å². The van der Waals surface area contributed by atoms with Crippen LogP contribution in [-0.4, -0.2) is 34.2 Å². The third-order valence-corrected chi connectivity index (χ3v) is 2.81. The molecule has 0 aliphatic heterocycles. The number of carbonyl (C=O) groups excluding carboxylic acids is 1. The number of aliphatic carboxylic acids is 1. The number of amides is 1. The van der Waals surface area contributed by atoms with Gasteiger partial charge in [0.1, 0.15) is 11.3 Å². The number of carboxylic acid groups (broad SMARTS) is 1. The zero-order chi connectivity index (χ0) is 15.2. The van der Waals surface area contributed by atoms with Gasteiger partial charge in [0.25, 0.3) is 0 Å². The summed E-state index contributed by atoms with van der Waals surface area (Å²) >= 11 is 0. The van der Waals surface area contributed by atoms with E-state index in [1.165, 1.54) is 13.8 Å². The Bertz CT molecular complexity index is 520. The van der Waals surface area contributed by atoms with Crippen molar-refractivity contribution in [2.45, 2.75) is 25.8 Å². The second-order valence-electron chi connectivity index (χ2n) is 4.60. The second kappa shape index (κ2) is 6.57. The normalized spacial score (nSPS) is 10.4. The fourth-order valence-corrected chi connectivity index (χ4v) is 1.52. The van der Waals surface area contributed by atoms with Crippen molar-refractivity contribution in [2.24, 2.45) is 0 Å². The number of ether oxygens (including phenoxy) is 1. The summed E-state index contributed by atoms with van der Waals surface area (Å²) in [7, 11) is 0. The molecule has 20 heavy (non-hydrogen) atoms. The van der Waals surface area contributed by atoms with E-state index >= 15 is 0 Å². The molecule has 0 heterocycles. The Morgan fingerprint density at radius 1 is 1.35 bits per heavy atom. The van der Waals surface area contributed by atoms with E-state index in [9.17, 15) is 14.7 Å². The number of para-hydroxylation sites is 1. The van der Waals surface area contributed by atoms with Gasteiger partial charge in [-0.2, -0.15) is 5.26 Å². The zero-order valence-corrected chi connectivity index (χ0v) is 11.4. The average Bonchev–Trinajstić information content (AvgIpc) is 2.39. The first-order valence-corrected chi connectivity index (χ1v) is 6.04. The van der Waals surface area contributed by atoms with E-state index in [-0.39, 0.29) is 13.0 Å². The Kier molecular flexibility index (Phi) is 5.09. The molecule has 0 saturated heterocycles. The predicted octanol–water partition coefficient (Wildman–Crippen LogP) is 2.26. The number of carboxylic acids is 1. The summed E-state index contributed by atoms with van der Waals surface area (Å²) in [6.45, 7) is 2.76. The van der Waals surface area contributed by atoms with E-state index in [2.05, 4.69) is 0 Å². The fraction of sp³-hybridized carbons (Fsp3) is 0.357. The van der Waals surface area contributed by atoms with Gasteiger partial charge in [-0.05, 0) is 26.0 Å². The highest BCUT2D eigenvalue weighted by atomic mass is 16.6. The molecule has 0 fully saturated rings. The van der Waals surface area contributed by atoms with Crippen molar-refractivity contribution in [2.75, 3.05) is 6.54 Å². The number of nitrogens with zero attached hydrogens (tertiary/aromatic N) is 2. The Balaban J connectivity index is 2.91. The Morgan fingerprint density at radius 2 is 1.95 bits per heavy atom. The molecule has 106 valence electrons. The van der Waals surface area contributed by atoms with Crippen LogP contribution in [0, 0.1) is 11.3 Å². The number of rotatable bonds is 5. The molecule has 0 saturated carbocycles. The highest BCUT2D eigenvalue weighted by molar-refractivity contribution is 5.84. The fourth-order valence-electron chi connectivity index (χ4n) is 1.52. The summed E-state index contributed by atoms with van der Waals surface area (Å²) in [6.07, 6.45) is -0.764. The number of carbonyl (C=O) groups is 2. The Labute approximate surface area is 117 Å². The van der Waals surface area contributed by atoms with Crippen LogP contribution in [0.2, 0.25) is 0 Å². The minimum absolute atomic E-state index is 0.0124. The summed E-state index contributed by atoms with van der Waals surface area (Å²) < 4.78 is 5.12. The molecule has 0 spiro atoms. The Hall–Kier alpha value is -2.55. The predicted molar refractivity (Wildman–Crippen MR) is 71.1 cm³/mol. The monoisotopic (exact) mass is 276 g/mol. The van der Waals surface area contributed by atoms with Gasteiger partial charge in [-0.3, -0.25) is 4.90 Å². The lowest BCUT2D eigenvalue weighted by molar-refractivity contribution is -0.148. The largest absolute Gasteiger partial charge is 0.480 e. The molecule has 0 aliphatic rings. The second-order valence-corrected chi connectivity index (χ2v) is 4.60. The van der Waals surface area contributed by atoms with Crippen molar-refractivity contribution in [1.29, 1.82) is 5.26 Å². The number of benzene rings is 1. The molecule has 0 aliphatic carbocycles. The first-order valence-electron chi connectivity index (χ1n) is 6.04. The van der Waals surface area contributed by atoms with E-state index in [0.717, 1.165) is 4.90 Å². The molecule has 1 amide bonds. The molecular formula is C14H16N2O4. The van der Waals surface area contributed by atoms with Gasteiger partial charge in [0.2, 0.25) is 0 Å². The Morgan fingerprint density at radius 3 is 2.45 bits per heavy atom. The molecular weight excluding hydrogens is 260 g/mol.